The maximum atomic E-state index is 13.3. The van der Waals surface area contributed by atoms with E-state index in [1.54, 1.807) is 0 Å². The third-order valence-corrected chi connectivity index (χ3v) is 5.91. The fourth-order valence-corrected chi connectivity index (χ4v) is 4.26. The second-order valence-electron chi connectivity index (χ2n) is 8.09. The number of hydrogen-bond donors (Lipinski definition) is 1. The molecule has 1 fully saturated rings. The van der Waals surface area contributed by atoms with Gasteiger partial charge in [0.05, 0.1) is 0 Å². The number of likely N-dealkylation sites (tertiary alicyclic amines) is 1. The molecular formula is C25H27N3O2. The van der Waals surface area contributed by atoms with Gasteiger partial charge in [0.2, 0.25) is 5.91 Å². The molecule has 1 aliphatic heterocycles. The van der Waals surface area contributed by atoms with Crippen molar-refractivity contribution in [1.82, 2.24) is 9.80 Å². The molecule has 3 aromatic carbocycles. The molecular weight excluding hydrogens is 374 g/mol. The van der Waals surface area contributed by atoms with Gasteiger partial charge in [-0.15, -0.1) is 0 Å². The predicted molar refractivity (Wildman–Crippen MR) is 122 cm³/mol. The first-order valence-corrected chi connectivity index (χ1v) is 10.3. The largest absolute Gasteiger partial charge is 0.337 e. The standard InChI is InChI=1S/C25H27N3O2/c1-17(29)26-19-10-8-18(9-11-19)21-12-13-24(23-7-5-4-6-22(21)23)25(30)28(3)20-14-15-27(2)16-20/h4-13,20H,14-16H2,1-3H3,(H,26,29). The quantitative estimate of drug-likeness (QED) is 0.711. The Morgan fingerprint density at radius 1 is 1.00 bits per heavy atom. The van der Waals surface area contributed by atoms with Crippen LogP contribution in [-0.2, 0) is 4.79 Å². The highest BCUT2D eigenvalue weighted by molar-refractivity contribution is 6.11. The van der Waals surface area contributed by atoms with E-state index < -0.39 is 0 Å². The monoisotopic (exact) mass is 401 g/mol. The number of nitrogens with zero attached hydrogens (tertiary/aromatic N) is 2. The smallest absolute Gasteiger partial charge is 0.254 e. The van der Waals surface area contributed by atoms with E-state index in [0.717, 1.165) is 52.7 Å². The van der Waals surface area contributed by atoms with Crippen LogP contribution < -0.4 is 5.32 Å². The minimum absolute atomic E-state index is 0.0686. The van der Waals surface area contributed by atoms with E-state index in [9.17, 15) is 9.59 Å². The zero-order valence-corrected chi connectivity index (χ0v) is 17.7. The van der Waals surface area contributed by atoms with Gasteiger partial charge in [0, 0.05) is 37.8 Å². The summed E-state index contributed by atoms with van der Waals surface area (Å²) in [6, 6.07) is 20.1. The van der Waals surface area contributed by atoms with Crippen LogP contribution in [0, 0.1) is 0 Å². The van der Waals surface area contributed by atoms with E-state index in [0.29, 0.717) is 0 Å². The molecule has 4 rings (SSSR count). The molecule has 1 saturated heterocycles. The summed E-state index contributed by atoms with van der Waals surface area (Å²) in [7, 11) is 4.01. The van der Waals surface area contributed by atoms with Crippen LogP contribution in [0.3, 0.4) is 0 Å². The molecule has 1 aliphatic rings. The number of nitrogens with one attached hydrogen (secondary N) is 1. The molecule has 0 saturated carbocycles. The third-order valence-electron chi connectivity index (χ3n) is 5.91. The van der Waals surface area contributed by atoms with Crippen LogP contribution in [0.25, 0.3) is 21.9 Å². The van der Waals surface area contributed by atoms with Crippen molar-refractivity contribution >= 4 is 28.3 Å². The highest BCUT2D eigenvalue weighted by Gasteiger charge is 2.28. The zero-order chi connectivity index (χ0) is 21.3. The number of carbonyl (C=O) groups excluding carboxylic acids is 2. The second-order valence-corrected chi connectivity index (χ2v) is 8.09. The Bertz CT molecular complexity index is 1090. The second kappa shape index (κ2) is 8.28. The minimum atomic E-state index is -0.0892. The van der Waals surface area contributed by atoms with Gasteiger partial charge in [-0.05, 0) is 60.1 Å². The van der Waals surface area contributed by atoms with Crippen LogP contribution in [0.15, 0.2) is 60.7 Å². The van der Waals surface area contributed by atoms with Crippen LogP contribution in [0.4, 0.5) is 5.69 Å². The van der Waals surface area contributed by atoms with Crippen molar-refractivity contribution in [3.05, 3.63) is 66.2 Å². The summed E-state index contributed by atoms with van der Waals surface area (Å²) in [5.74, 6) is -0.0207. The summed E-state index contributed by atoms with van der Waals surface area (Å²) in [5.41, 5.74) is 3.62. The topological polar surface area (TPSA) is 52.7 Å². The van der Waals surface area contributed by atoms with E-state index in [1.165, 1.54) is 6.92 Å². The molecule has 0 bridgehead atoms. The fourth-order valence-electron chi connectivity index (χ4n) is 4.26. The van der Waals surface area contributed by atoms with Gasteiger partial charge < -0.3 is 15.1 Å². The molecule has 5 heteroatoms. The number of amides is 2. The van der Waals surface area contributed by atoms with E-state index >= 15 is 0 Å². The molecule has 1 heterocycles. The maximum Gasteiger partial charge on any atom is 0.254 e. The summed E-state index contributed by atoms with van der Waals surface area (Å²) in [6.07, 6.45) is 1.01. The van der Waals surface area contributed by atoms with E-state index in [1.807, 2.05) is 66.5 Å². The van der Waals surface area contributed by atoms with E-state index in [-0.39, 0.29) is 17.9 Å². The first-order chi connectivity index (χ1) is 14.4. The first kappa shape index (κ1) is 20.1. The van der Waals surface area contributed by atoms with Crippen molar-refractivity contribution in [2.24, 2.45) is 0 Å². The van der Waals surface area contributed by atoms with Gasteiger partial charge in [0.1, 0.15) is 0 Å². The van der Waals surface area contributed by atoms with Gasteiger partial charge in [-0.2, -0.15) is 0 Å². The van der Waals surface area contributed by atoms with Crippen LogP contribution in [0.2, 0.25) is 0 Å². The summed E-state index contributed by atoms with van der Waals surface area (Å²) in [4.78, 5) is 28.7. The van der Waals surface area contributed by atoms with Crippen molar-refractivity contribution < 1.29 is 9.59 Å². The highest BCUT2D eigenvalue weighted by Crippen LogP contribution is 2.32. The molecule has 154 valence electrons. The number of benzene rings is 3. The lowest BCUT2D eigenvalue weighted by Gasteiger charge is -2.25. The number of likely N-dealkylation sites (N-methyl/N-ethyl adjacent to an activating group) is 2. The Kier molecular flexibility index (Phi) is 5.55. The molecule has 30 heavy (non-hydrogen) atoms. The highest BCUT2D eigenvalue weighted by atomic mass is 16.2. The van der Waals surface area contributed by atoms with Crippen molar-refractivity contribution in [1.29, 1.82) is 0 Å². The molecule has 3 aromatic rings. The van der Waals surface area contributed by atoms with E-state index in [2.05, 4.69) is 23.3 Å². The Morgan fingerprint density at radius 3 is 2.33 bits per heavy atom. The number of fused-ring (bicyclic) bond motifs is 1. The maximum absolute atomic E-state index is 13.3. The molecule has 0 radical (unpaired) electrons. The molecule has 0 spiro atoms. The normalized spacial score (nSPS) is 16.6. The lowest BCUT2D eigenvalue weighted by atomic mass is 9.94. The van der Waals surface area contributed by atoms with Crippen LogP contribution in [0.5, 0.6) is 0 Å². The van der Waals surface area contributed by atoms with Gasteiger partial charge in [-0.25, -0.2) is 0 Å². The van der Waals surface area contributed by atoms with Crippen molar-refractivity contribution in [3.8, 4) is 11.1 Å². The van der Waals surface area contributed by atoms with Gasteiger partial charge in [0.15, 0.2) is 0 Å². The molecule has 1 atom stereocenters. The zero-order valence-electron chi connectivity index (χ0n) is 17.7. The molecule has 1 unspecified atom stereocenters. The van der Waals surface area contributed by atoms with Crippen molar-refractivity contribution in [2.75, 3.05) is 32.5 Å². The summed E-state index contributed by atoms with van der Waals surface area (Å²) < 4.78 is 0. The van der Waals surface area contributed by atoms with Gasteiger partial charge in [-0.3, -0.25) is 9.59 Å². The molecule has 1 N–H and O–H groups in total. The van der Waals surface area contributed by atoms with Crippen molar-refractivity contribution in [2.45, 2.75) is 19.4 Å². The van der Waals surface area contributed by atoms with E-state index in [4.69, 9.17) is 0 Å². The van der Waals surface area contributed by atoms with Crippen LogP contribution in [0.1, 0.15) is 23.7 Å². The number of carbonyl (C=O) groups is 2. The summed E-state index contributed by atoms with van der Waals surface area (Å²) in [5, 5.41) is 4.81. The SMILES string of the molecule is CC(=O)Nc1ccc(-c2ccc(C(=O)N(C)C3CCN(C)C3)c3ccccc23)cc1. The third kappa shape index (κ3) is 3.94. The lowest BCUT2D eigenvalue weighted by molar-refractivity contribution is -0.114. The van der Waals surface area contributed by atoms with Gasteiger partial charge >= 0.3 is 0 Å². The van der Waals surface area contributed by atoms with Crippen LogP contribution >= 0.6 is 0 Å². The van der Waals surface area contributed by atoms with Gasteiger partial charge in [0.25, 0.3) is 5.91 Å². The first-order valence-electron chi connectivity index (χ1n) is 10.3. The lowest BCUT2D eigenvalue weighted by Crippen LogP contribution is -2.38. The van der Waals surface area contributed by atoms with Crippen LogP contribution in [-0.4, -0.2) is 54.8 Å². The Hall–Kier alpha value is -3.18. The Morgan fingerprint density at radius 2 is 1.70 bits per heavy atom. The number of rotatable bonds is 4. The molecule has 2 amide bonds. The Balaban J connectivity index is 1.70. The summed E-state index contributed by atoms with van der Waals surface area (Å²) >= 11 is 0. The van der Waals surface area contributed by atoms with Crippen molar-refractivity contribution in [3.63, 3.8) is 0 Å². The fraction of sp³-hybridized carbons (Fsp3) is 0.280. The minimum Gasteiger partial charge on any atom is -0.337 e. The number of anilines is 1. The molecule has 5 nitrogen and oxygen atoms in total. The predicted octanol–water partition coefficient (Wildman–Crippen LogP) is 4.24. The Labute approximate surface area is 177 Å². The molecule has 0 aliphatic carbocycles. The average molecular weight is 402 g/mol. The average Bonchev–Trinajstić information content (AvgIpc) is 3.18. The number of hydrogen-bond acceptors (Lipinski definition) is 3. The summed E-state index contributed by atoms with van der Waals surface area (Å²) in [6.45, 7) is 3.44. The molecule has 0 aromatic heterocycles. The van der Waals surface area contributed by atoms with Gasteiger partial charge in [-0.1, -0.05) is 42.5 Å².